The van der Waals surface area contributed by atoms with Crippen LogP contribution in [-0.2, 0) is 4.74 Å². The van der Waals surface area contributed by atoms with E-state index in [1.807, 2.05) is 0 Å². The molecule has 0 aromatic rings. The standard InChI is InChI=1S/C9H19NO.ClH/c1-9(2,3)8-7(11-4)5-6-10-8;/h7-8,10H,5-6H2,1-4H3;1H/t7-,8+;/m1./s1. The molecule has 0 saturated carbocycles. The third-order valence-corrected chi connectivity index (χ3v) is 2.40. The van der Waals surface area contributed by atoms with Crippen LogP contribution in [0.25, 0.3) is 0 Å². The van der Waals surface area contributed by atoms with Crippen LogP contribution in [0.5, 0.6) is 0 Å². The summed E-state index contributed by atoms with van der Waals surface area (Å²) in [5, 5.41) is 3.47. The SMILES string of the molecule is CO[C@@H]1CCN[C@@H]1C(C)(C)C.Cl. The molecule has 1 aliphatic heterocycles. The number of hydrogen-bond donors (Lipinski definition) is 1. The van der Waals surface area contributed by atoms with Gasteiger partial charge in [0.25, 0.3) is 0 Å². The summed E-state index contributed by atoms with van der Waals surface area (Å²) < 4.78 is 5.39. The summed E-state index contributed by atoms with van der Waals surface area (Å²) >= 11 is 0. The lowest BCUT2D eigenvalue weighted by Crippen LogP contribution is -2.42. The van der Waals surface area contributed by atoms with Crippen LogP contribution in [0.1, 0.15) is 27.2 Å². The molecule has 12 heavy (non-hydrogen) atoms. The van der Waals surface area contributed by atoms with E-state index in [-0.39, 0.29) is 12.4 Å². The number of hydrogen-bond acceptors (Lipinski definition) is 2. The molecular formula is C9H20ClNO. The zero-order valence-electron chi connectivity index (χ0n) is 8.39. The van der Waals surface area contributed by atoms with E-state index in [0.29, 0.717) is 17.6 Å². The normalized spacial score (nSPS) is 30.0. The molecule has 1 aliphatic rings. The van der Waals surface area contributed by atoms with Crippen molar-refractivity contribution >= 4 is 12.4 Å². The molecule has 1 saturated heterocycles. The molecule has 0 spiro atoms. The van der Waals surface area contributed by atoms with E-state index in [1.54, 1.807) is 7.11 Å². The Balaban J connectivity index is 0.00000121. The first-order chi connectivity index (χ1) is 5.05. The predicted molar refractivity (Wildman–Crippen MR) is 53.9 cm³/mol. The van der Waals surface area contributed by atoms with Gasteiger partial charge in [-0.25, -0.2) is 0 Å². The molecule has 74 valence electrons. The summed E-state index contributed by atoms with van der Waals surface area (Å²) in [6.07, 6.45) is 1.56. The Morgan fingerprint density at radius 3 is 2.25 bits per heavy atom. The van der Waals surface area contributed by atoms with Crippen LogP contribution in [0.2, 0.25) is 0 Å². The Morgan fingerprint density at radius 2 is 1.92 bits per heavy atom. The maximum Gasteiger partial charge on any atom is 0.0741 e. The average Bonchev–Trinajstić information content (AvgIpc) is 2.31. The van der Waals surface area contributed by atoms with Crippen molar-refractivity contribution in [3.05, 3.63) is 0 Å². The van der Waals surface area contributed by atoms with Crippen molar-refractivity contribution in [2.45, 2.75) is 39.3 Å². The topological polar surface area (TPSA) is 21.3 Å². The minimum atomic E-state index is 0. The van der Waals surface area contributed by atoms with Crippen LogP contribution in [0.4, 0.5) is 0 Å². The second-order valence-electron chi connectivity index (χ2n) is 4.36. The molecule has 2 nitrogen and oxygen atoms in total. The lowest BCUT2D eigenvalue weighted by Gasteiger charge is -2.31. The molecule has 0 bridgehead atoms. The molecular weight excluding hydrogens is 174 g/mol. The Kier molecular flexibility index (Phi) is 4.53. The minimum absolute atomic E-state index is 0. The summed E-state index contributed by atoms with van der Waals surface area (Å²) in [6.45, 7) is 7.85. The third kappa shape index (κ3) is 2.61. The summed E-state index contributed by atoms with van der Waals surface area (Å²) in [4.78, 5) is 0. The van der Waals surface area contributed by atoms with Crippen molar-refractivity contribution in [3.8, 4) is 0 Å². The molecule has 1 fully saturated rings. The van der Waals surface area contributed by atoms with E-state index in [1.165, 1.54) is 0 Å². The fourth-order valence-corrected chi connectivity index (χ4v) is 1.80. The van der Waals surface area contributed by atoms with Gasteiger partial charge >= 0.3 is 0 Å². The van der Waals surface area contributed by atoms with Gasteiger partial charge in [0.05, 0.1) is 6.10 Å². The highest BCUT2D eigenvalue weighted by Gasteiger charge is 2.35. The Bertz CT molecular complexity index is 133. The number of nitrogens with one attached hydrogen (secondary N) is 1. The van der Waals surface area contributed by atoms with Crippen LogP contribution in [0, 0.1) is 5.41 Å². The first-order valence-electron chi connectivity index (χ1n) is 4.32. The zero-order valence-corrected chi connectivity index (χ0v) is 9.20. The van der Waals surface area contributed by atoms with Crippen LogP contribution >= 0.6 is 12.4 Å². The fourth-order valence-electron chi connectivity index (χ4n) is 1.80. The molecule has 1 rings (SSSR count). The van der Waals surface area contributed by atoms with Gasteiger partial charge in [0, 0.05) is 13.2 Å². The van der Waals surface area contributed by atoms with E-state index in [0.717, 1.165) is 13.0 Å². The van der Waals surface area contributed by atoms with Crippen LogP contribution < -0.4 is 5.32 Å². The van der Waals surface area contributed by atoms with Gasteiger partial charge in [0.1, 0.15) is 0 Å². The van der Waals surface area contributed by atoms with E-state index in [2.05, 4.69) is 26.1 Å². The summed E-state index contributed by atoms with van der Waals surface area (Å²) in [5.74, 6) is 0. The molecule has 0 amide bonds. The quantitative estimate of drug-likeness (QED) is 0.686. The molecule has 0 aromatic heterocycles. The van der Waals surface area contributed by atoms with Gasteiger partial charge in [-0.1, -0.05) is 20.8 Å². The molecule has 3 heteroatoms. The molecule has 0 radical (unpaired) electrons. The fraction of sp³-hybridized carbons (Fsp3) is 1.00. The average molecular weight is 194 g/mol. The highest BCUT2D eigenvalue weighted by molar-refractivity contribution is 5.85. The number of methoxy groups -OCH3 is 1. The lowest BCUT2D eigenvalue weighted by atomic mass is 9.84. The highest BCUT2D eigenvalue weighted by atomic mass is 35.5. The summed E-state index contributed by atoms with van der Waals surface area (Å²) in [6, 6.07) is 0.521. The van der Waals surface area contributed by atoms with Crippen LogP contribution in [0.15, 0.2) is 0 Å². The van der Waals surface area contributed by atoms with Gasteiger partial charge < -0.3 is 10.1 Å². The number of rotatable bonds is 1. The first kappa shape index (κ1) is 12.2. The van der Waals surface area contributed by atoms with Gasteiger partial charge in [-0.3, -0.25) is 0 Å². The van der Waals surface area contributed by atoms with Crippen molar-refractivity contribution in [1.82, 2.24) is 5.32 Å². The molecule has 2 atom stereocenters. The lowest BCUT2D eigenvalue weighted by molar-refractivity contribution is 0.0562. The third-order valence-electron chi connectivity index (χ3n) is 2.40. The predicted octanol–water partition coefficient (Wildman–Crippen LogP) is 1.83. The molecule has 0 unspecified atom stereocenters. The van der Waals surface area contributed by atoms with Gasteiger partial charge in [-0.15, -0.1) is 12.4 Å². The van der Waals surface area contributed by atoms with Gasteiger partial charge in [0.2, 0.25) is 0 Å². The van der Waals surface area contributed by atoms with Crippen molar-refractivity contribution in [2.24, 2.45) is 5.41 Å². The molecule has 0 aromatic carbocycles. The van der Waals surface area contributed by atoms with E-state index in [4.69, 9.17) is 4.74 Å². The Hall–Kier alpha value is 0.210. The van der Waals surface area contributed by atoms with Gasteiger partial charge in [-0.05, 0) is 18.4 Å². The van der Waals surface area contributed by atoms with E-state index in [9.17, 15) is 0 Å². The van der Waals surface area contributed by atoms with E-state index >= 15 is 0 Å². The summed E-state index contributed by atoms with van der Waals surface area (Å²) in [7, 11) is 1.80. The van der Waals surface area contributed by atoms with Crippen molar-refractivity contribution < 1.29 is 4.74 Å². The van der Waals surface area contributed by atoms with Crippen LogP contribution in [-0.4, -0.2) is 25.8 Å². The monoisotopic (exact) mass is 193 g/mol. The molecule has 1 heterocycles. The highest BCUT2D eigenvalue weighted by Crippen LogP contribution is 2.27. The molecule has 1 N–H and O–H groups in total. The largest absolute Gasteiger partial charge is 0.380 e. The van der Waals surface area contributed by atoms with Crippen molar-refractivity contribution in [3.63, 3.8) is 0 Å². The minimum Gasteiger partial charge on any atom is -0.380 e. The second kappa shape index (κ2) is 4.45. The Morgan fingerprint density at radius 1 is 1.33 bits per heavy atom. The number of ether oxygens (including phenoxy) is 1. The molecule has 0 aliphatic carbocycles. The second-order valence-corrected chi connectivity index (χ2v) is 4.36. The maximum atomic E-state index is 5.39. The van der Waals surface area contributed by atoms with Gasteiger partial charge in [0.15, 0.2) is 0 Å². The first-order valence-corrected chi connectivity index (χ1v) is 4.32. The number of halogens is 1. The maximum absolute atomic E-state index is 5.39. The van der Waals surface area contributed by atoms with E-state index < -0.39 is 0 Å². The summed E-state index contributed by atoms with van der Waals surface area (Å²) in [5.41, 5.74) is 0.317. The smallest absolute Gasteiger partial charge is 0.0741 e. The van der Waals surface area contributed by atoms with Crippen molar-refractivity contribution in [2.75, 3.05) is 13.7 Å². The van der Waals surface area contributed by atoms with Crippen molar-refractivity contribution in [1.29, 1.82) is 0 Å². The van der Waals surface area contributed by atoms with Crippen LogP contribution in [0.3, 0.4) is 0 Å². The Labute approximate surface area is 81.5 Å². The van der Waals surface area contributed by atoms with Gasteiger partial charge in [-0.2, -0.15) is 0 Å². The zero-order chi connectivity index (χ0) is 8.48.